The summed E-state index contributed by atoms with van der Waals surface area (Å²) >= 11 is 1.37. The van der Waals surface area contributed by atoms with Crippen molar-refractivity contribution >= 4 is 44.2 Å². The van der Waals surface area contributed by atoms with E-state index in [0.717, 1.165) is 21.0 Å². The number of aromatic nitrogens is 1. The van der Waals surface area contributed by atoms with E-state index in [1.807, 2.05) is 54.1 Å². The molecule has 0 aliphatic heterocycles. The SMILES string of the molecule is CCOC(=O)c1ccc2c(c1)sc(=NC(=O)c1ccc3ccccc3c1)n2C. The molecule has 1 amide bonds. The Morgan fingerprint density at radius 1 is 1.00 bits per heavy atom. The number of hydrogen-bond donors (Lipinski definition) is 0. The minimum absolute atomic E-state index is 0.293. The quantitative estimate of drug-likeness (QED) is 0.490. The highest BCUT2D eigenvalue weighted by Gasteiger charge is 2.11. The van der Waals surface area contributed by atoms with Crippen LogP contribution in [0.4, 0.5) is 0 Å². The molecule has 0 atom stereocenters. The van der Waals surface area contributed by atoms with Gasteiger partial charge in [0.2, 0.25) is 0 Å². The van der Waals surface area contributed by atoms with Crippen LogP contribution in [0.5, 0.6) is 0 Å². The second-order valence-electron chi connectivity index (χ2n) is 6.33. The molecule has 5 nitrogen and oxygen atoms in total. The molecule has 0 radical (unpaired) electrons. The van der Waals surface area contributed by atoms with Crippen molar-refractivity contribution in [2.24, 2.45) is 12.0 Å². The van der Waals surface area contributed by atoms with Gasteiger partial charge in [0, 0.05) is 12.6 Å². The number of amides is 1. The lowest BCUT2D eigenvalue weighted by Crippen LogP contribution is -2.13. The number of aryl methyl sites for hydroxylation is 1. The number of rotatable bonds is 3. The number of nitrogens with zero attached hydrogens (tertiary/aromatic N) is 2. The maximum Gasteiger partial charge on any atom is 0.338 e. The highest BCUT2D eigenvalue weighted by atomic mass is 32.1. The summed E-state index contributed by atoms with van der Waals surface area (Å²) in [5.74, 6) is -0.648. The summed E-state index contributed by atoms with van der Waals surface area (Å²) in [5, 5.41) is 2.08. The molecular formula is C22H18N2O3S. The number of hydrogen-bond acceptors (Lipinski definition) is 4. The van der Waals surface area contributed by atoms with Crippen LogP contribution in [0.15, 0.2) is 65.7 Å². The van der Waals surface area contributed by atoms with Gasteiger partial charge in [-0.1, -0.05) is 41.7 Å². The average molecular weight is 390 g/mol. The zero-order valence-corrected chi connectivity index (χ0v) is 16.3. The van der Waals surface area contributed by atoms with Crippen molar-refractivity contribution in [3.63, 3.8) is 0 Å². The van der Waals surface area contributed by atoms with Crippen molar-refractivity contribution < 1.29 is 14.3 Å². The number of fused-ring (bicyclic) bond motifs is 2. The smallest absolute Gasteiger partial charge is 0.338 e. The van der Waals surface area contributed by atoms with Crippen molar-refractivity contribution in [1.29, 1.82) is 0 Å². The summed E-state index contributed by atoms with van der Waals surface area (Å²) in [4.78, 5) is 29.5. The number of carbonyl (C=O) groups is 2. The number of thiazole rings is 1. The normalized spacial score (nSPS) is 11.9. The monoisotopic (exact) mass is 390 g/mol. The molecule has 0 aliphatic carbocycles. The second kappa shape index (κ2) is 7.40. The highest BCUT2D eigenvalue weighted by Crippen LogP contribution is 2.20. The fraction of sp³-hybridized carbons (Fsp3) is 0.136. The third kappa shape index (κ3) is 3.34. The predicted molar refractivity (Wildman–Crippen MR) is 111 cm³/mol. The molecule has 0 saturated carbocycles. The summed E-state index contributed by atoms with van der Waals surface area (Å²) in [5.41, 5.74) is 1.94. The Kier molecular flexibility index (Phi) is 4.79. The van der Waals surface area contributed by atoms with Crippen LogP contribution in [-0.4, -0.2) is 23.1 Å². The van der Waals surface area contributed by atoms with Crippen LogP contribution in [0, 0.1) is 0 Å². The molecule has 0 unspecified atom stereocenters. The van der Waals surface area contributed by atoms with Gasteiger partial charge in [0.1, 0.15) is 0 Å². The van der Waals surface area contributed by atoms with Gasteiger partial charge in [-0.2, -0.15) is 4.99 Å². The summed E-state index contributed by atoms with van der Waals surface area (Å²) in [6, 6.07) is 18.8. The van der Waals surface area contributed by atoms with E-state index in [-0.39, 0.29) is 11.9 Å². The molecule has 4 rings (SSSR count). The zero-order chi connectivity index (χ0) is 19.7. The van der Waals surface area contributed by atoms with Crippen molar-refractivity contribution in [3.8, 4) is 0 Å². The first-order chi connectivity index (χ1) is 13.6. The van der Waals surface area contributed by atoms with E-state index in [2.05, 4.69) is 4.99 Å². The first-order valence-electron chi connectivity index (χ1n) is 8.91. The Bertz CT molecular complexity index is 1280. The van der Waals surface area contributed by atoms with E-state index in [1.54, 1.807) is 25.1 Å². The lowest BCUT2D eigenvalue weighted by atomic mass is 10.1. The summed E-state index contributed by atoms with van der Waals surface area (Å²) < 4.78 is 7.78. The van der Waals surface area contributed by atoms with Crippen LogP contribution in [0.3, 0.4) is 0 Å². The standard InChI is InChI=1S/C22H18N2O3S/c1-3-27-21(26)17-10-11-18-19(13-17)28-22(24(18)2)23-20(25)16-9-8-14-6-4-5-7-15(14)12-16/h4-13H,3H2,1-2H3. The van der Waals surface area contributed by atoms with Gasteiger partial charge in [0.05, 0.1) is 22.4 Å². The van der Waals surface area contributed by atoms with Gasteiger partial charge in [0.15, 0.2) is 4.80 Å². The Morgan fingerprint density at radius 3 is 2.54 bits per heavy atom. The zero-order valence-electron chi connectivity index (χ0n) is 15.5. The average Bonchev–Trinajstić information content (AvgIpc) is 3.02. The van der Waals surface area contributed by atoms with Crippen molar-refractivity contribution in [2.75, 3.05) is 6.61 Å². The van der Waals surface area contributed by atoms with Gasteiger partial charge in [-0.25, -0.2) is 4.79 Å². The maximum absolute atomic E-state index is 12.7. The van der Waals surface area contributed by atoms with E-state index in [0.29, 0.717) is 22.5 Å². The molecule has 1 heterocycles. The summed E-state index contributed by atoms with van der Waals surface area (Å²) in [6.45, 7) is 2.10. The molecule has 1 aromatic heterocycles. The largest absolute Gasteiger partial charge is 0.462 e. The van der Waals surface area contributed by atoms with E-state index >= 15 is 0 Å². The van der Waals surface area contributed by atoms with Crippen molar-refractivity contribution in [2.45, 2.75) is 6.92 Å². The topological polar surface area (TPSA) is 60.7 Å². The Balaban J connectivity index is 1.74. The molecule has 0 saturated heterocycles. The molecule has 28 heavy (non-hydrogen) atoms. The van der Waals surface area contributed by atoms with Gasteiger partial charge in [-0.05, 0) is 48.0 Å². The lowest BCUT2D eigenvalue weighted by Gasteiger charge is -2.01. The van der Waals surface area contributed by atoms with Crippen LogP contribution in [0.25, 0.3) is 21.0 Å². The number of carbonyl (C=O) groups excluding carboxylic acids is 2. The summed E-state index contributed by atoms with van der Waals surface area (Å²) in [7, 11) is 1.86. The first kappa shape index (κ1) is 18.1. The number of ether oxygens (including phenoxy) is 1. The molecule has 0 aliphatic rings. The molecule has 0 spiro atoms. The summed E-state index contributed by atoms with van der Waals surface area (Å²) in [6.07, 6.45) is 0. The fourth-order valence-electron chi connectivity index (χ4n) is 3.06. The van der Waals surface area contributed by atoms with Crippen LogP contribution in [0.1, 0.15) is 27.6 Å². The Labute approximate surface area is 165 Å². The third-order valence-electron chi connectivity index (χ3n) is 4.51. The molecule has 6 heteroatoms. The van der Waals surface area contributed by atoms with Gasteiger partial charge in [-0.15, -0.1) is 0 Å². The van der Waals surface area contributed by atoms with E-state index < -0.39 is 0 Å². The lowest BCUT2D eigenvalue weighted by molar-refractivity contribution is 0.0526. The van der Waals surface area contributed by atoms with E-state index in [4.69, 9.17) is 4.74 Å². The van der Waals surface area contributed by atoms with Crippen molar-refractivity contribution in [3.05, 3.63) is 76.6 Å². The minimum Gasteiger partial charge on any atom is -0.462 e. The molecule has 0 fully saturated rings. The van der Waals surface area contributed by atoms with Crippen molar-refractivity contribution in [1.82, 2.24) is 4.57 Å². The number of esters is 1. The molecule has 4 aromatic rings. The van der Waals surface area contributed by atoms with E-state index in [1.165, 1.54) is 11.3 Å². The minimum atomic E-state index is -0.355. The molecule has 140 valence electrons. The Hall–Kier alpha value is -3.25. The van der Waals surface area contributed by atoms with Crippen LogP contribution >= 0.6 is 11.3 Å². The van der Waals surface area contributed by atoms with Gasteiger partial charge < -0.3 is 9.30 Å². The highest BCUT2D eigenvalue weighted by molar-refractivity contribution is 7.16. The van der Waals surface area contributed by atoms with Gasteiger partial charge >= 0.3 is 5.97 Å². The molecular weight excluding hydrogens is 372 g/mol. The predicted octanol–water partition coefficient (Wildman–Crippen LogP) is 4.31. The van der Waals surface area contributed by atoms with Crippen LogP contribution < -0.4 is 4.80 Å². The maximum atomic E-state index is 12.7. The molecule has 0 bridgehead atoms. The first-order valence-corrected chi connectivity index (χ1v) is 9.73. The van der Waals surface area contributed by atoms with Crippen LogP contribution in [0.2, 0.25) is 0 Å². The van der Waals surface area contributed by atoms with Gasteiger partial charge in [-0.3, -0.25) is 4.79 Å². The molecule has 0 N–H and O–H groups in total. The van der Waals surface area contributed by atoms with Crippen LogP contribution in [-0.2, 0) is 11.8 Å². The van der Waals surface area contributed by atoms with E-state index in [9.17, 15) is 9.59 Å². The van der Waals surface area contributed by atoms with Gasteiger partial charge in [0.25, 0.3) is 5.91 Å². The Morgan fingerprint density at radius 2 is 1.75 bits per heavy atom. The molecule has 3 aromatic carbocycles. The third-order valence-corrected chi connectivity index (χ3v) is 5.61. The fourth-order valence-corrected chi connectivity index (χ4v) is 4.11. The second-order valence-corrected chi connectivity index (χ2v) is 7.33. The number of benzene rings is 3.